The highest BCUT2D eigenvalue weighted by Crippen LogP contribution is 2.23. The average Bonchev–Trinajstić information content (AvgIpc) is 2.82. The van der Waals surface area contributed by atoms with E-state index in [-0.39, 0.29) is 18.9 Å². The molecule has 2 aromatic rings. The van der Waals surface area contributed by atoms with Crippen LogP contribution in [0.5, 0.6) is 11.5 Å². The molecule has 1 fully saturated rings. The van der Waals surface area contributed by atoms with E-state index in [4.69, 9.17) is 18.9 Å². The molecule has 0 spiro atoms. The van der Waals surface area contributed by atoms with Crippen LogP contribution in [0.1, 0.15) is 12.0 Å². The largest absolute Gasteiger partial charge is 0.497 e. The van der Waals surface area contributed by atoms with E-state index in [9.17, 15) is 9.59 Å². The number of nitrogens with zero attached hydrogens (tertiary/aromatic N) is 1. The van der Waals surface area contributed by atoms with Crippen molar-refractivity contribution in [3.8, 4) is 11.5 Å². The summed E-state index contributed by atoms with van der Waals surface area (Å²) in [6.07, 6.45) is 0.606. The number of esters is 1. The first-order valence-electron chi connectivity index (χ1n) is 10.2. The van der Waals surface area contributed by atoms with Crippen molar-refractivity contribution in [3.05, 3.63) is 48.0 Å². The number of morpholine rings is 1. The van der Waals surface area contributed by atoms with Gasteiger partial charge in [-0.1, -0.05) is 0 Å². The molecule has 0 radical (unpaired) electrons. The van der Waals surface area contributed by atoms with Crippen LogP contribution in [0.15, 0.2) is 42.5 Å². The van der Waals surface area contributed by atoms with Gasteiger partial charge in [0, 0.05) is 37.0 Å². The number of methoxy groups -OCH3 is 2. The van der Waals surface area contributed by atoms with E-state index in [0.717, 1.165) is 37.6 Å². The summed E-state index contributed by atoms with van der Waals surface area (Å²) in [4.78, 5) is 26.3. The van der Waals surface area contributed by atoms with Crippen LogP contribution in [0.3, 0.4) is 0 Å². The summed E-state index contributed by atoms with van der Waals surface area (Å²) in [6.45, 7) is 2.81. The first-order valence-corrected chi connectivity index (χ1v) is 10.2. The molecular weight excluding hydrogens is 400 g/mol. The van der Waals surface area contributed by atoms with Gasteiger partial charge in [0.15, 0.2) is 6.61 Å². The van der Waals surface area contributed by atoms with Gasteiger partial charge in [-0.2, -0.15) is 0 Å². The molecule has 0 saturated carbocycles. The third-order valence-corrected chi connectivity index (χ3v) is 4.92. The monoisotopic (exact) mass is 428 g/mol. The minimum atomic E-state index is -0.445. The molecule has 1 aliphatic rings. The zero-order valence-corrected chi connectivity index (χ0v) is 17.9. The summed E-state index contributed by atoms with van der Waals surface area (Å²) in [7, 11) is 3.14. The number of rotatable bonds is 9. The molecule has 0 bridgehead atoms. The minimum Gasteiger partial charge on any atom is -0.497 e. The van der Waals surface area contributed by atoms with Gasteiger partial charge >= 0.3 is 5.97 Å². The van der Waals surface area contributed by atoms with Crippen LogP contribution in [-0.2, 0) is 25.5 Å². The van der Waals surface area contributed by atoms with Gasteiger partial charge in [0.25, 0.3) is 5.91 Å². The number of anilines is 2. The van der Waals surface area contributed by atoms with Crippen molar-refractivity contribution in [3.63, 3.8) is 0 Å². The molecule has 1 aliphatic heterocycles. The second kappa shape index (κ2) is 11.2. The Morgan fingerprint density at radius 2 is 1.65 bits per heavy atom. The van der Waals surface area contributed by atoms with Gasteiger partial charge in [-0.25, -0.2) is 0 Å². The second-order valence-electron chi connectivity index (χ2n) is 7.08. The zero-order valence-electron chi connectivity index (χ0n) is 17.9. The van der Waals surface area contributed by atoms with Crippen molar-refractivity contribution in [2.75, 3.05) is 57.3 Å². The number of benzene rings is 2. The molecule has 0 atom stereocenters. The Morgan fingerprint density at radius 1 is 1.00 bits per heavy atom. The summed E-state index contributed by atoms with van der Waals surface area (Å²) in [6, 6.07) is 13.0. The van der Waals surface area contributed by atoms with E-state index in [1.165, 1.54) is 0 Å². The second-order valence-corrected chi connectivity index (χ2v) is 7.08. The van der Waals surface area contributed by atoms with Gasteiger partial charge in [-0.15, -0.1) is 0 Å². The molecule has 1 N–H and O–H groups in total. The number of carbonyl (C=O) groups is 2. The number of hydrogen-bond donors (Lipinski definition) is 1. The Labute approximate surface area is 182 Å². The van der Waals surface area contributed by atoms with Gasteiger partial charge < -0.3 is 29.2 Å². The van der Waals surface area contributed by atoms with Gasteiger partial charge in [-0.05, 0) is 48.4 Å². The Bertz CT molecular complexity index is 856. The fourth-order valence-electron chi connectivity index (χ4n) is 3.25. The average molecular weight is 428 g/mol. The van der Waals surface area contributed by atoms with E-state index < -0.39 is 5.97 Å². The number of ether oxygens (including phenoxy) is 4. The zero-order chi connectivity index (χ0) is 22.1. The predicted molar refractivity (Wildman–Crippen MR) is 117 cm³/mol. The quantitative estimate of drug-likeness (QED) is 0.615. The van der Waals surface area contributed by atoms with Gasteiger partial charge in [-0.3, -0.25) is 9.59 Å². The van der Waals surface area contributed by atoms with Crippen molar-refractivity contribution in [1.82, 2.24) is 0 Å². The Kier molecular flexibility index (Phi) is 8.12. The molecule has 8 nitrogen and oxygen atoms in total. The Morgan fingerprint density at radius 3 is 2.26 bits per heavy atom. The summed E-state index contributed by atoms with van der Waals surface area (Å²) in [5, 5.41) is 2.74. The molecule has 2 aromatic carbocycles. The third-order valence-electron chi connectivity index (χ3n) is 4.92. The van der Waals surface area contributed by atoms with Crippen LogP contribution in [0.2, 0.25) is 0 Å². The van der Waals surface area contributed by atoms with Crippen molar-refractivity contribution in [1.29, 1.82) is 0 Å². The van der Waals surface area contributed by atoms with Gasteiger partial charge in [0.1, 0.15) is 11.5 Å². The normalized spacial score (nSPS) is 13.4. The molecule has 0 aliphatic carbocycles. The maximum Gasteiger partial charge on any atom is 0.306 e. The molecule has 1 heterocycles. The van der Waals surface area contributed by atoms with E-state index in [2.05, 4.69) is 10.2 Å². The molecule has 0 aromatic heterocycles. The molecule has 1 saturated heterocycles. The van der Waals surface area contributed by atoms with E-state index in [1.54, 1.807) is 20.3 Å². The fraction of sp³-hybridized carbons (Fsp3) is 0.391. The Hall–Kier alpha value is -3.26. The highest BCUT2D eigenvalue weighted by atomic mass is 16.5. The van der Waals surface area contributed by atoms with Crippen molar-refractivity contribution in [2.24, 2.45) is 0 Å². The maximum absolute atomic E-state index is 12.1. The third kappa shape index (κ3) is 6.89. The first kappa shape index (κ1) is 22.4. The van der Waals surface area contributed by atoms with Crippen LogP contribution >= 0.6 is 0 Å². The van der Waals surface area contributed by atoms with Crippen molar-refractivity contribution >= 4 is 23.3 Å². The van der Waals surface area contributed by atoms with Gasteiger partial charge in [0.05, 0.1) is 27.4 Å². The first-order chi connectivity index (χ1) is 15.1. The summed E-state index contributed by atoms with van der Waals surface area (Å²) in [5.74, 6) is 0.485. The standard InChI is InChI=1S/C23H28N2O6/c1-28-20-13-17(14-21(15-20)29-2)3-8-23(27)31-16-22(26)24-18-4-6-19(7-5-18)25-9-11-30-12-10-25/h4-7,13-15H,3,8-12,16H2,1-2H3,(H,24,26). The van der Waals surface area contributed by atoms with Crippen molar-refractivity contribution in [2.45, 2.75) is 12.8 Å². The molecule has 1 amide bonds. The number of amides is 1. The minimum absolute atomic E-state index is 0.151. The summed E-state index contributed by atoms with van der Waals surface area (Å²) in [5.41, 5.74) is 2.63. The van der Waals surface area contributed by atoms with Crippen LogP contribution in [0.25, 0.3) is 0 Å². The van der Waals surface area contributed by atoms with E-state index >= 15 is 0 Å². The van der Waals surface area contributed by atoms with Gasteiger partial charge in [0.2, 0.25) is 0 Å². The van der Waals surface area contributed by atoms with Crippen LogP contribution < -0.4 is 19.7 Å². The topological polar surface area (TPSA) is 86.3 Å². The molecule has 166 valence electrons. The SMILES string of the molecule is COc1cc(CCC(=O)OCC(=O)Nc2ccc(N3CCOCC3)cc2)cc(OC)c1. The van der Waals surface area contributed by atoms with E-state index in [0.29, 0.717) is 23.6 Å². The molecule has 0 unspecified atom stereocenters. The van der Waals surface area contributed by atoms with E-state index in [1.807, 2.05) is 36.4 Å². The maximum atomic E-state index is 12.1. The molecule has 3 rings (SSSR count). The molecule has 8 heteroatoms. The number of hydrogen-bond acceptors (Lipinski definition) is 7. The highest BCUT2D eigenvalue weighted by Gasteiger charge is 2.12. The van der Waals surface area contributed by atoms with Crippen LogP contribution in [-0.4, -0.2) is 59.0 Å². The number of carbonyl (C=O) groups excluding carboxylic acids is 2. The van der Waals surface area contributed by atoms with Crippen LogP contribution in [0.4, 0.5) is 11.4 Å². The predicted octanol–water partition coefficient (Wildman–Crippen LogP) is 2.65. The van der Waals surface area contributed by atoms with Crippen LogP contribution in [0, 0.1) is 0 Å². The fourth-order valence-corrected chi connectivity index (χ4v) is 3.25. The summed E-state index contributed by atoms with van der Waals surface area (Å²) < 4.78 is 20.9. The number of nitrogens with one attached hydrogen (secondary N) is 1. The van der Waals surface area contributed by atoms with Crippen molar-refractivity contribution < 1.29 is 28.5 Å². The smallest absolute Gasteiger partial charge is 0.306 e. The Balaban J connectivity index is 1.41. The molecular formula is C23H28N2O6. The molecule has 31 heavy (non-hydrogen) atoms. The number of aryl methyl sites for hydroxylation is 1. The highest BCUT2D eigenvalue weighted by molar-refractivity contribution is 5.93. The lowest BCUT2D eigenvalue weighted by atomic mass is 10.1. The lowest BCUT2D eigenvalue weighted by Gasteiger charge is -2.28. The summed E-state index contributed by atoms with van der Waals surface area (Å²) >= 11 is 0. The lowest BCUT2D eigenvalue weighted by Crippen LogP contribution is -2.36. The lowest BCUT2D eigenvalue weighted by molar-refractivity contribution is -0.147.